The summed E-state index contributed by atoms with van der Waals surface area (Å²) in [5, 5.41) is 1.07. The third-order valence-electron chi connectivity index (χ3n) is 5.99. The first-order valence-electron chi connectivity index (χ1n) is 9.89. The van der Waals surface area contributed by atoms with Crippen molar-refractivity contribution in [3.8, 4) is 0 Å². The zero-order chi connectivity index (χ0) is 18.8. The Hall–Kier alpha value is -2.39. The van der Waals surface area contributed by atoms with Crippen LogP contribution in [0.4, 0.5) is 0 Å². The topological polar surface area (TPSA) is 33.5 Å². The molecular formula is C24H27NO2. The standard InChI is InChI=1S/C24H27NO2/c1-17-8-9-22-21(15-23(26)27-24(22)18(17)2)16-25-12-10-20(11-13-25)14-19-6-4-3-5-7-19/h3-9,15,20H,10-14,16H2,1-2H3. The van der Waals surface area contributed by atoms with Gasteiger partial charge < -0.3 is 4.42 Å². The van der Waals surface area contributed by atoms with Gasteiger partial charge in [-0.25, -0.2) is 4.79 Å². The maximum absolute atomic E-state index is 12.1. The molecular weight excluding hydrogens is 334 g/mol. The molecule has 0 amide bonds. The summed E-state index contributed by atoms with van der Waals surface area (Å²) >= 11 is 0. The molecule has 0 unspecified atom stereocenters. The third-order valence-corrected chi connectivity index (χ3v) is 5.99. The molecule has 4 rings (SSSR count). The predicted molar refractivity (Wildman–Crippen MR) is 110 cm³/mol. The van der Waals surface area contributed by atoms with Crippen LogP contribution in [0.3, 0.4) is 0 Å². The molecule has 0 N–H and O–H groups in total. The molecule has 2 aromatic carbocycles. The summed E-state index contributed by atoms with van der Waals surface area (Å²) < 4.78 is 5.51. The number of fused-ring (bicyclic) bond motifs is 1. The lowest BCUT2D eigenvalue weighted by atomic mass is 9.90. The van der Waals surface area contributed by atoms with Crippen LogP contribution < -0.4 is 5.63 Å². The van der Waals surface area contributed by atoms with Crippen molar-refractivity contribution < 1.29 is 4.42 Å². The van der Waals surface area contributed by atoms with Gasteiger partial charge in [0, 0.05) is 18.0 Å². The third kappa shape index (κ3) is 3.98. The van der Waals surface area contributed by atoms with E-state index in [1.165, 1.54) is 24.8 Å². The lowest BCUT2D eigenvalue weighted by Crippen LogP contribution is -2.34. The number of aryl methyl sites for hydroxylation is 2. The normalized spacial score (nSPS) is 16.1. The molecule has 0 bridgehead atoms. The first-order valence-corrected chi connectivity index (χ1v) is 9.89. The van der Waals surface area contributed by atoms with Crippen LogP contribution >= 0.6 is 0 Å². The van der Waals surface area contributed by atoms with Crippen molar-refractivity contribution in [2.24, 2.45) is 5.92 Å². The van der Waals surface area contributed by atoms with Gasteiger partial charge >= 0.3 is 5.63 Å². The molecule has 3 aromatic rings. The van der Waals surface area contributed by atoms with Crippen LogP contribution in [-0.2, 0) is 13.0 Å². The second kappa shape index (κ2) is 7.69. The van der Waals surface area contributed by atoms with E-state index in [-0.39, 0.29) is 5.63 Å². The van der Waals surface area contributed by atoms with E-state index in [2.05, 4.69) is 54.3 Å². The summed E-state index contributed by atoms with van der Waals surface area (Å²) in [6.07, 6.45) is 3.60. The fourth-order valence-electron chi connectivity index (χ4n) is 4.19. The molecule has 0 aliphatic carbocycles. The van der Waals surface area contributed by atoms with Gasteiger partial charge in [0.1, 0.15) is 5.58 Å². The number of nitrogens with zero attached hydrogens (tertiary/aromatic N) is 1. The molecule has 1 aliphatic heterocycles. The van der Waals surface area contributed by atoms with Crippen molar-refractivity contribution in [1.82, 2.24) is 4.90 Å². The molecule has 0 saturated carbocycles. The second-order valence-corrected chi connectivity index (χ2v) is 7.88. The monoisotopic (exact) mass is 361 g/mol. The quantitative estimate of drug-likeness (QED) is 0.622. The molecule has 3 nitrogen and oxygen atoms in total. The Morgan fingerprint density at radius 3 is 2.52 bits per heavy atom. The molecule has 0 atom stereocenters. The van der Waals surface area contributed by atoms with Crippen LogP contribution in [0.2, 0.25) is 0 Å². The summed E-state index contributed by atoms with van der Waals surface area (Å²) in [5.74, 6) is 0.756. The molecule has 27 heavy (non-hydrogen) atoms. The minimum atomic E-state index is -0.245. The first kappa shape index (κ1) is 18.0. The number of piperidine rings is 1. The Morgan fingerprint density at radius 2 is 1.78 bits per heavy atom. The number of hydrogen-bond acceptors (Lipinski definition) is 3. The molecule has 2 heterocycles. The minimum Gasteiger partial charge on any atom is -0.422 e. The van der Waals surface area contributed by atoms with Crippen molar-refractivity contribution in [2.45, 2.75) is 39.7 Å². The van der Waals surface area contributed by atoms with Gasteiger partial charge in [0.25, 0.3) is 0 Å². The molecule has 3 heteroatoms. The number of hydrogen-bond donors (Lipinski definition) is 0. The number of likely N-dealkylation sites (tertiary alicyclic amines) is 1. The molecule has 0 spiro atoms. The van der Waals surface area contributed by atoms with Crippen LogP contribution in [0.25, 0.3) is 11.0 Å². The van der Waals surface area contributed by atoms with Crippen molar-refractivity contribution >= 4 is 11.0 Å². The highest BCUT2D eigenvalue weighted by atomic mass is 16.4. The second-order valence-electron chi connectivity index (χ2n) is 7.88. The first-order chi connectivity index (χ1) is 13.1. The SMILES string of the molecule is Cc1ccc2c(CN3CCC(Cc4ccccc4)CC3)cc(=O)oc2c1C. The Morgan fingerprint density at radius 1 is 1.04 bits per heavy atom. The molecule has 140 valence electrons. The van der Waals surface area contributed by atoms with E-state index in [0.717, 1.165) is 53.2 Å². The summed E-state index contributed by atoms with van der Waals surface area (Å²) in [6.45, 7) is 7.08. The highest BCUT2D eigenvalue weighted by Crippen LogP contribution is 2.27. The summed E-state index contributed by atoms with van der Waals surface area (Å²) in [4.78, 5) is 14.6. The zero-order valence-electron chi connectivity index (χ0n) is 16.2. The van der Waals surface area contributed by atoms with Crippen molar-refractivity contribution in [3.05, 3.63) is 81.2 Å². The van der Waals surface area contributed by atoms with Gasteiger partial charge in [-0.3, -0.25) is 4.90 Å². The lowest BCUT2D eigenvalue weighted by molar-refractivity contribution is 0.177. The van der Waals surface area contributed by atoms with E-state index >= 15 is 0 Å². The van der Waals surface area contributed by atoms with Crippen molar-refractivity contribution in [3.63, 3.8) is 0 Å². The Balaban J connectivity index is 1.46. The summed E-state index contributed by atoms with van der Waals surface area (Å²) in [6, 6.07) is 16.7. The summed E-state index contributed by atoms with van der Waals surface area (Å²) in [7, 11) is 0. The predicted octanol–water partition coefficient (Wildman–Crippen LogP) is 4.86. The van der Waals surface area contributed by atoms with Gasteiger partial charge in [-0.2, -0.15) is 0 Å². The van der Waals surface area contributed by atoms with Gasteiger partial charge in [-0.15, -0.1) is 0 Å². The van der Waals surface area contributed by atoms with Gasteiger partial charge in [0.2, 0.25) is 0 Å². The van der Waals surface area contributed by atoms with E-state index in [4.69, 9.17) is 4.42 Å². The van der Waals surface area contributed by atoms with Crippen molar-refractivity contribution in [2.75, 3.05) is 13.1 Å². The van der Waals surface area contributed by atoms with Crippen LogP contribution in [0.5, 0.6) is 0 Å². The Labute approximate surface area is 160 Å². The largest absolute Gasteiger partial charge is 0.422 e. The maximum Gasteiger partial charge on any atom is 0.336 e. The maximum atomic E-state index is 12.1. The lowest BCUT2D eigenvalue weighted by Gasteiger charge is -2.32. The zero-order valence-corrected chi connectivity index (χ0v) is 16.2. The van der Waals surface area contributed by atoms with E-state index in [9.17, 15) is 4.79 Å². The van der Waals surface area contributed by atoms with E-state index < -0.39 is 0 Å². The molecule has 1 aromatic heterocycles. The van der Waals surface area contributed by atoms with Crippen LogP contribution in [0, 0.1) is 19.8 Å². The Bertz CT molecular complexity index is 982. The van der Waals surface area contributed by atoms with E-state index in [0.29, 0.717) is 0 Å². The van der Waals surface area contributed by atoms with Gasteiger partial charge in [0.05, 0.1) is 0 Å². The smallest absolute Gasteiger partial charge is 0.336 e. The van der Waals surface area contributed by atoms with Crippen molar-refractivity contribution in [1.29, 1.82) is 0 Å². The highest BCUT2D eigenvalue weighted by molar-refractivity contribution is 5.83. The molecule has 1 saturated heterocycles. The summed E-state index contributed by atoms with van der Waals surface area (Å²) in [5.41, 5.74) is 5.25. The molecule has 1 fully saturated rings. The van der Waals surface area contributed by atoms with Crippen LogP contribution in [-0.4, -0.2) is 18.0 Å². The average Bonchev–Trinajstić information content (AvgIpc) is 2.67. The van der Waals surface area contributed by atoms with Gasteiger partial charge in [0.15, 0.2) is 0 Å². The molecule has 1 aliphatic rings. The molecule has 0 radical (unpaired) electrons. The van der Waals surface area contributed by atoms with Gasteiger partial charge in [-0.05, 0) is 74.4 Å². The van der Waals surface area contributed by atoms with Crippen LogP contribution in [0.1, 0.15) is 35.1 Å². The fourth-order valence-corrected chi connectivity index (χ4v) is 4.19. The fraction of sp³-hybridized carbons (Fsp3) is 0.375. The minimum absolute atomic E-state index is 0.245. The number of benzene rings is 2. The number of rotatable bonds is 4. The highest BCUT2D eigenvalue weighted by Gasteiger charge is 2.20. The van der Waals surface area contributed by atoms with Gasteiger partial charge in [-0.1, -0.05) is 42.5 Å². The Kier molecular flexibility index (Phi) is 5.13. The van der Waals surface area contributed by atoms with E-state index in [1.54, 1.807) is 6.07 Å². The van der Waals surface area contributed by atoms with Crippen LogP contribution in [0.15, 0.2) is 57.7 Å². The average molecular weight is 361 g/mol. The van der Waals surface area contributed by atoms with E-state index in [1.807, 2.05) is 6.92 Å².